The molecule has 8 aromatic rings. The lowest BCUT2D eigenvalue weighted by Crippen LogP contribution is -2.54. The van der Waals surface area contributed by atoms with Crippen LogP contribution in [0.5, 0.6) is 0 Å². The van der Waals surface area contributed by atoms with Crippen molar-refractivity contribution in [1.29, 1.82) is 0 Å². The zero-order valence-electron chi connectivity index (χ0n) is 38.9. The monoisotopic (exact) mass is 993 g/mol. The number of hydrazone groups is 1. The molecule has 73 heavy (non-hydrogen) atoms. The van der Waals surface area contributed by atoms with E-state index in [1.807, 2.05) is 0 Å². The van der Waals surface area contributed by atoms with Crippen molar-refractivity contribution in [3.63, 3.8) is 0 Å². The summed E-state index contributed by atoms with van der Waals surface area (Å²) in [5.41, 5.74) is 1.56. The van der Waals surface area contributed by atoms with E-state index in [9.17, 15) is 28.8 Å². The summed E-state index contributed by atoms with van der Waals surface area (Å²) in [6, 6.07) is 53.9. The molecular weight excluding hydrogens is 950 g/mol. The molecule has 14 nitrogen and oxygen atoms in total. The summed E-state index contributed by atoms with van der Waals surface area (Å²) in [6.07, 6.45) is -6.76. The molecule has 0 bridgehead atoms. The molecule has 0 saturated heterocycles. The minimum Gasteiger partial charge on any atom is -0.458 e. The van der Waals surface area contributed by atoms with Crippen molar-refractivity contribution in [2.24, 2.45) is 5.10 Å². The summed E-state index contributed by atoms with van der Waals surface area (Å²) in [5.74, 6) is -5.47. The van der Waals surface area contributed by atoms with Crippen LogP contribution in [-0.2, 0) is 23.7 Å². The smallest absolute Gasteiger partial charge is 0.338 e. The second kappa shape index (κ2) is 24.0. The molecule has 15 heteroatoms. The second-order valence-electron chi connectivity index (χ2n) is 16.2. The van der Waals surface area contributed by atoms with Gasteiger partial charge in [-0.05, 0) is 110 Å². The molecule has 0 fully saturated rings. The molecule has 1 aromatic heterocycles. The molecule has 364 valence electrons. The fraction of sp³-hybridized carbons (Fsp3) is 0.103. The Kier molecular flexibility index (Phi) is 16.5. The highest BCUT2D eigenvalue weighted by Crippen LogP contribution is 2.28. The maximum atomic E-state index is 14.7. The molecule has 0 aliphatic carbocycles. The average Bonchev–Trinajstić information content (AvgIpc) is 3.44. The lowest BCUT2D eigenvalue weighted by Gasteiger charge is -2.35. The number of hydrogen-bond acceptors (Lipinski definition) is 13. The molecule has 8 rings (SSSR count). The number of fused-ring (bicyclic) bond motifs is 1. The van der Waals surface area contributed by atoms with Gasteiger partial charge in [-0.2, -0.15) is 10.1 Å². The van der Waals surface area contributed by atoms with Crippen LogP contribution in [0, 0.1) is 6.92 Å². The maximum Gasteiger partial charge on any atom is 0.338 e. The number of esters is 5. The van der Waals surface area contributed by atoms with Gasteiger partial charge in [-0.25, -0.2) is 29.0 Å². The van der Waals surface area contributed by atoms with Crippen LogP contribution in [0.15, 0.2) is 211 Å². The summed E-state index contributed by atoms with van der Waals surface area (Å²) < 4.78 is 30.8. The van der Waals surface area contributed by atoms with Gasteiger partial charge in [-0.15, -0.1) is 0 Å². The number of anilines is 1. The Morgan fingerprint density at radius 3 is 1.40 bits per heavy atom. The Labute approximate surface area is 424 Å². The van der Waals surface area contributed by atoms with Crippen molar-refractivity contribution < 1.29 is 52.5 Å². The lowest BCUT2D eigenvalue weighted by atomic mass is 10.0. The van der Waals surface area contributed by atoms with E-state index in [2.05, 4.69) is 5.10 Å². The molecule has 0 radical (unpaired) electrons. The quantitative estimate of drug-likeness (QED) is 0.0344. The first-order valence-electron chi connectivity index (χ1n) is 22.8. The number of aryl methyl sites for hydroxylation is 1. The van der Waals surface area contributed by atoms with Gasteiger partial charge in [0.05, 0.1) is 39.5 Å². The van der Waals surface area contributed by atoms with Crippen molar-refractivity contribution >= 4 is 70.3 Å². The first kappa shape index (κ1) is 50.1. The van der Waals surface area contributed by atoms with Crippen LogP contribution >= 0.6 is 11.6 Å². The van der Waals surface area contributed by atoms with E-state index in [1.165, 1.54) is 60.7 Å². The van der Waals surface area contributed by atoms with E-state index in [4.69, 9.17) is 40.3 Å². The molecule has 0 aliphatic rings. The zero-order chi connectivity index (χ0) is 51.1. The molecule has 4 atom stereocenters. The van der Waals surface area contributed by atoms with Crippen LogP contribution in [0.3, 0.4) is 0 Å². The number of nitrogens with zero attached hydrogens (tertiary/aromatic N) is 3. The van der Waals surface area contributed by atoms with Crippen molar-refractivity contribution in [2.45, 2.75) is 31.3 Å². The Morgan fingerprint density at radius 1 is 0.507 bits per heavy atom. The molecule has 0 unspecified atom stereocenters. The van der Waals surface area contributed by atoms with Gasteiger partial charge in [0.1, 0.15) is 6.61 Å². The predicted octanol–water partition coefficient (Wildman–Crippen LogP) is 10.6. The highest BCUT2D eigenvalue weighted by molar-refractivity contribution is 6.31. The number of benzene rings is 7. The van der Waals surface area contributed by atoms with Gasteiger partial charge in [-0.1, -0.05) is 121 Å². The van der Waals surface area contributed by atoms with Gasteiger partial charge >= 0.3 is 29.8 Å². The molecule has 1 heterocycles. The minimum absolute atomic E-state index is 0.0101. The van der Waals surface area contributed by atoms with Gasteiger partial charge in [0, 0.05) is 16.0 Å². The SMILES string of the molecule is Cc1cc(N(/N=C/[C@H](OC(=O)c2ccccc2)[C@@H](OC(=O)c2ccccc2)[C@@H](OC(=O)c2ccccc2)[C@@H](COC(=O)c2ccccc2)OC(=O)c2ccccc2)C(=O)c2ccccc2)nc2ccc(Cl)cc12. The van der Waals surface area contributed by atoms with E-state index in [-0.39, 0.29) is 39.2 Å². The molecule has 0 saturated carbocycles. The fourth-order valence-electron chi connectivity index (χ4n) is 7.45. The van der Waals surface area contributed by atoms with Gasteiger partial charge < -0.3 is 23.7 Å². The van der Waals surface area contributed by atoms with Crippen LogP contribution in [0.4, 0.5) is 5.82 Å². The van der Waals surface area contributed by atoms with E-state index < -0.39 is 66.8 Å². The number of pyridine rings is 1. The number of carbonyl (C=O) groups excluding carboxylic acids is 6. The number of carbonyl (C=O) groups is 6. The summed E-state index contributed by atoms with van der Waals surface area (Å²) in [4.78, 5) is 90.6. The summed E-state index contributed by atoms with van der Waals surface area (Å²) in [6.45, 7) is 0.993. The van der Waals surface area contributed by atoms with Gasteiger partial charge in [0.15, 0.2) is 30.2 Å². The molecule has 0 aliphatic heterocycles. The van der Waals surface area contributed by atoms with Crippen LogP contribution in [0.1, 0.15) is 67.7 Å². The minimum atomic E-state index is -2.03. The van der Waals surface area contributed by atoms with Crippen molar-refractivity contribution in [2.75, 3.05) is 11.6 Å². The molecule has 0 N–H and O–H groups in total. The van der Waals surface area contributed by atoms with Crippen molar-refractivity contribution in [3.8, 4) is 0 Å². The summed E-state index contributed by atoms with van der Waals surface area (Å²) in [7, 11) is 0. The van der Waals surface area contributed by atoms with E-state index >= 15 is 0 Å². The molecule has 7 aromatic carbocycles. The number of aromatic nitrogens is 1. The van der Waals surface area contributed by atoms with E-state index in [1.54, 1.807) is 153 Å². The number of amides is 1. The van der Waals surface area contributed by atoms with Gasteiger partial charge in [-0.3, -0.25) is 4.79 Å². The highest BCUT2D eigenvalue weighted by atomic mass is 35.5. The maximum absolute atomic E-state index is 14.7. The lowest BCUT2D eigenvalue weighted by molar-refractivity contribution is -0.120. The third kappa shape index (κ3) is 12.9. The average molecular weight is 994 g/mol. The molecular formula is C58H44ClN3O11. The number of rotatable bonds is 18. The van der Waals surface area contributed by atoms with Crippen molar-refractivity contribution in [3.05, 3.63) is 250 Å². The predicted molar refractivity (Wildman–Crippen MR) is 273 cm³/mol. The Morgan fingerprint density at radius 2 is 0.918 bits per heavy atom. The summed E-state index contributed by atoms with van der Waals surface area (Å²) in [5, 5.41) is 6.78. The zero-order valence-corrected chi connectivity index (χ0v) is 39.7. The topological polar surface area (TPSA) is 177 Å². The number of ether oxygens (including phenoxy) is 5. The van der Waals surface area contributed by atoms with Crippen LogP contribution in [0.2, 0.25) is 5.02 Å². The first-order valence-corrected chi connectivity index (χ1v) is 23.2. The largest absolute Gasteiger partial charge is 0.458 e. The number of halogens is 1. The van der Waals surface area contributed by atoms with E-state index in [0.717, 1.165) is 11.2 Å². The van der Waals surface area contributed by atoms with Crippen LogP contribution in [-0.4, -0.2) is 78.0 Å². The Hall–Kier alpha value is -9.27. The van der Waals surface area contributed by atoms with Gasteiger partial charge in [0.2, 0.25) is 0 Å². The van der Waals surface area contributed by atoms with E-state index in [0.29, 0.717) is 21.5 Å². The second-order valence-corrected chi connectivity index (χ2v) is 16.6. The Bertz CT molecular complexity index is 3240. The first-order chi connectivity index (χ1) is 35.5. The summed E-state index contributed by atoms with van der Waals surface area (Å²) >= 11 is 6.36. The molecule has 0 spiro atoms. The van der Waals surface area contributed by atoms with Crippen LogP contribution < -0.4 is 5.01 Å². The third-order valence-corrected chi connectivity index (χ3v) is 11.4. The number of hydrogen-bond donors (Lipinski definition) is 0. The third-order valence-electron chi connectivity index (χ3n) is 11.2. The fourth-order valence-corrected chi connectivity index (χ4v) is 7.63. The highest BCUT2D eigenvalue weighted by Gasteiger charge is 2.46. The standard InChI is InChI=1S/C58H44ClN3O11/c1-38-34-50(61-47-33-32-45(59)35-46(38)47)62(53(63)39-20-8-2-9-21-39)60-36-48(70-55(65)41-24-12-4-13-25-41)51(72-57(67)43-28-16-6-17-29-43)52(73-58(68)44-30-18-7-19-31-44)49(71-56(66)42-26-14-5-15-27-42)37-69-54(64)40-22-10-3-11-23-40/h2-36,48-49,51-52H,37H2,1H3/b60-36+/t48-,49+,51+,52-/m0/s1. The van der Waals surface area contributed by atoms with Crippen LogP contribution in [0.25, 0.3) is 10.9 Å². The van der Waals surface area contributed by atoms with Gasteiger partial charge in [0.25, 0.3) is 5.91 Å². The van der Waals surface area contributed by atoms with Crippen molar-refractivity contribution in [1.82, 2.24) is 4.98 Å². The Balaban J connectivity index is 1.33. The normalized spacial score (nSPS) is 12.6. The molecule has 1 amide bonds.